The zero-order valence-electron chi connectivity index (χ0n) is 16.9. The van der Waals surface area contributed by atoms with Crippen molar-refractivity contribution in [3.05, 3.63) is 90.1 Å². The third kappa shape index (κ3) is 4.19. The second kappa shape index (κ2) is 8.07. The molecule has 0 atom stereocenters. The van der Waals surface area contributed by atoms with Crippen LogP contribution >= 0.6 is 0 Å². The van der Waals surface area contributed by atoms with Crippen molar-refractivity contribution in [3.8, 4) is 0 Å². The number of rotatable bonds is 6. The standard InChI is InChI=1S/C25H22N4O2/c30-24(18-13-14-18)27-20-10-6-7-17(15-20)16-29-22-12-5-4-11-21(22)23(28-29)25(31)26-19-8-2-1-3-9-19/h1-12,15,18H,13-14,16H2,(H,26,31)(H,27,30). The Hall–Kier alpha value is -3.93. The molecule has 5 rings (SSSR count). The molecule has 1 fully saturated rings. The van der Waals surface area contributed by atoms with E-state index in [1.807, 2.05) is 83.5 Å². The van der Waals surface area contributed by atoms with Gasteiger partial charge in [0, 0.05) is 22.7 Å². The summed E-state index contributed by atoms with van der Waals surface area (Å²) in [7, 11) is 0. The predicted octanol–water partition coefficient (Wildman–Crippen LogP) is 4.69. The fraction of sp³-hybridized carbons (Fsp3) is 0.160. The molecule has 1 aliphatic carbocycles. The van der Waals surface area contributed by atoms with Crippen LogP contribution in [0.5, 0.6) is 0 Å². The van der Waals surface area contributed by atoms with Crippen LogP contribution in [0, 0.1) is 5.92 Å². The van der Waals surface area contributed by atoms with Crippen LogP contribution in [-0.4, -0.2) is 21.6 Å². The summed E-state index contributed by atoms with van der Waals surface area (Å²) in [4.78, 5) is 25.0. The quantitative estimate of drug-likeness (QED) is 0.484. The van der Waals surface area contributed by atoms with Crippen LogP contribution in [0.3, 0.4) is 0 Å². The first-order chi connectivity index (χ1) is 15.2. The second-order valence-corrected chi connectivity index (χ2v) is 7.81. The van der Waals surface area contributed by atoms with E-state index in [4.69, 9.17) is 0 Å². The molecule has 154 valence electrons. The number of aromatic nitrogens is 2. The monoisotopic (exact) mass is 410 g/mol. The Balaban J connectivity index is 1.41. The van der Waals surface area contributed by atoms with Gasteiger partial charge in [0.2, 0.25) is 5.91 Å². The van der Waals surface area contributed by atoms with Gasteiger partial charge in [-0.1, -0.05) is 48.5 Å². The molecule has 31 heavy (non-hydrogen) atoms. The minimum absolute atomic E-state index is 0.0848. The number of nitrogens with zero attached hydrogens (tertiary/aromatic N) is 2. The highest BCUT2D eigenvalue weighted by molar-refractivity contribution is 6.11. The second-order valence-electron chi connectivity index (χ2n) is 7.81. The van der Waals surface area contributed by atoms with Crippen molar-refractivity contribution in [1.29, 1.82) is 0 Å². The molecular formula is C25H22N4O2. The molecule has 0 radical (unpaired) electrons. The van der Waals surface area contributed by atoms with Crippen molar-refractivity contribution in [1.82, 2.24) is 9.78 Å². The zero-order chi connectivity index (χ0) is 21.2. The van der Waals surface area contributed by atoms with Crippen LogP contribution in [0.2, 0.25) is 0 Å². The maximum atomic E-state index is 12.9. The predicted molar refractivity (Wildman–Crippen MR) is 121 cm³/mol. The van der Waals surface area contributed by atoms with E-state index in [1.54, 1.807) is 0 Å². The fourth-order valence-corrected chi connectivity index (χ4v) is 3.64. The number of anilines is 2. The molecule has 1 aromatic heterocycles. The van der Waals surface area contributed by atoms with Crippen LogP contribution in [0.25, 0.3) is 10.9 Å². The van der Waals surface area contributed by atoms with Gasteiger partial charge in [-0.05, 0) is 48.7 Å². The van der Waals surface area contributed by atoms with E-state index in [-0.39, 0.29) is 17.7 Å². The molecule has 2 amide bonds. The van der Waals surface area contributed by atoms with E-state index in [0.29, 0.717) is 12.2 Å². The van der Waals surface area contributed by atoms with E-state index in [2.05, 4.69) is 15.7 Å². The Bertz CT molecular complexity index is 1260. The number of hydrogen-bond donors (Lipinski definition) is 2. The Morgan fingerprint density at radius 2 is 1.61 bits per heavy atom. The van der Waals surface area contributed by atoms with Crippen molar-refractivity contribution >= 4 is 34.1 Å². The lowest BCUT2D eigenvalue weighted by Crippen LogP contribution is -2.14. The molecule has 2 N–H and O–H groups in total. The van der Waals surface area contributed by atoms with Gasteiger partial charge >= 0.3 is 0 Å². The molecule has 0 saturated heterocycles. The van der Waals surface area contributed by atoms with Crippen molar-refractivity contribution in [2.45, 2.75) is 19.4 Å². The number of nitrogens with one attached hydrogen (secondary N) is 2. The normalized spacial score (nSPS) is 13.2. The topological polar surface area (TPSA) is 76.0 Å². The van der Waals surface area contributed by atoms with Crippen LogP contribution in [0.15, 0.2) is 78.9 Å². The molecule has 3 aromatic carbocycles. The van der Waals surface area contributed by atoms with E-state index in [0.717, 1.165) is 40.7 Å². The molecule has 0 bridgehead atoms. The molecule has 6 heteroatoms. The SMILES string of the molecule is O=C(Nc1ccccc1)c1nn(Cc2cccc(NC(=O)C3CC3)c2)c2ccccc12. The third-order valence-electron chi connectivity index (χ3n) is 5.38. The summed E-state index contributed by atoms with van der Waals surface area (Å²) in [6.07, 6.45) is 1.94. The van der Waals surface area contributed by atoms with Gasteiger partial charge in [-0.2, -0.15) is 5.10 Å². The van der Waals surface area contributed by atoms with Crippen molar-refractivity contribution < 1.29 is 9.59 Å². The Morgan fingerprint density at radius 3 is 2.42 bits per heavy atom. The molecule has 4 aromatic rings. The largest absolute Gasteiger partial charge is 0.326 e. The molecule has 0 spiro atoms. The molecule has 0 unspecified atom stereocenters. The van der Waals surface area contributed by atoms with E-state index in [9.17, 15) is 9.59 Å². The lowest BCUT2D eigenvalue weighted by atomic mass is 10.1. The number of para-hydroxylation sites is 2. The number of carbonyl (C=O) groups excluding carboxylic acids is 2. The molecule has 1 saturated carbocycles. The number of carbonyl (C=O) groups is 2. The first-order valence-electron chi connectivity index (χ1n) is 10.4. The molecule has 1 heterocycles. The maximum Gasteiger partial charge on any atom is 0.276 e. The van der Waals surface area contributed by atoms with E-state index >= 15 is 0 Å². The van der Waals surface area contributed by atoms with Crippen LogP contribution in [-0.2, 0) is 11.3 Å². The fourth-order valence-electron chi connectivity index (χ4n) is 3.64. The van der Waals surface area contributed by atoms with Gasteiger partial charge in [0.1, 0.15) is 0 Å². The average Bonchev–Trinajstić information content (AvgIpc) is 3.58. The minimum atomic E-state index is -0.244. The van der Waals surface area contributed by atoms with Gasteiger partial charge < -0.3 is 10.6 Å². The van der Waals surface area contributed by atoms with Gasteiger partial charge in [0.25, 0.3) is 5.91 Å². The zero-order valence-corrected chi connectivity index (χ0v) is 16.9. The van der Waals surface area contributed by atoms with Gasteiger partial charge in [-0.25, -0.2) is 0 Å². The first kappa shape index (κ1) is 19.1. The maximum absolute atomic E-state index is 12.9. The van der Waals surface area contributed by atoms with Gasteiger partial charge in [0.15, 0.2) is 5.69 Å². The lowest BCUT2D eigenvalue weighted by Gasteiger charge is -2.08. The van der Waals surface area contributed by atoms with Crippen molar-refractivity contribution in [3.63, 3.8) is 0 Å². The lowest BCUT2D eigenvalue weighted by molar-refractivity contribution is -0.117. The number of fused-ring (bicyclic) bond motifs is 1. The molecular weight excluding hydrogens is 388 g/mol. The van der Waals surface area contributed by atoms with Crippen molar-refractivity contribution in [2.75, 3.05) is 10.6 Å². The molecule has 0 aliphatic heterocycles. The smallest absolute Gasteiger partial charge is 0.276 e. The summed E-state index contributed by atoms with van der Waals surface area (Å²) < 4.78 is 1.83. The van der Waals surface area contributed by atoms with E-state index < -0.39 is 0 Å². The summed E-state index contributed by atoms with van der Waals surface area (Å²) in [5.74, 6) is -0.00226. The molecule has 1 aliphatic rings. The Kier molecular flexibility index (Phi) is 4.96. The summed E-state index contributed by atoms with van der Waals surface area (Å²) in [6, 6.07) is 24.8. The van der Waals surface area contributed by atoms with Crippen LogP contribution in [0.4, 0.5) is 11.4 Å². The highest BCUT2D eigenvalue weighted by Crippen LogP contribution is 2.30. The minimum Gasteiger partial charge on any atom is -0.326 e. The average molecular weight is 410 g/mol. The van der Waals surface area contributed by atoms with Crippen molar-refractivity contribution in [2.24, 2.45) is 5.92 Å². The van der Waals surface area contributed by atoms with Crippen LogP contribution in [0.1, 0.15) is 28.9 Å². The first-order valence-corrected chi connectivity index (χ1v) is 10.4. The Labute approximate surface area is 179 Å². The summed E-state index contributed by atoms with van der Waals surface area (Å²) >= 11 is 0. The van der Waals surface area contributed by atoms with Crippen LogP contribution < -0.4 is 10.6 Å². The van der Waals surface area contributed by atoms with Gasteiger partial charge in [-0.15, -0.1) is 0 Å². The number of hydrogen-bond acceptors (Lipinski definition) is 3. The number of amides is 2. The Morgan fingerprint density at radius 1 is 0.871 bits per heavy atom. The highest BCUT2D eigenvalue weighted by Gasteiger charge is 2.29. The van der Waals surface area contributed by atoms with Gasteiger partial charge in [-0.3, -0.25) is 14.3 Å². The highest BCUT2D eigenvalue weighted by atomic mass is 16.2. The number of benzene rings is 3. The summed E-state index contributed by atoms with van der Waals surface area (Å²) in [5, 5.41) is 11.3. The molecule has 6 nitrogen and oxygen atoms in total. The van der Waals surface area contributed by atoms with Gasteiger partial charge in [0.05, 0.1) is 12.1 Å². The van der Waals surface area contributed by atoms with E-state index in [1.165, 1.54) is 0 Å². The third-order valence-corrected chi connectivity index (χ3v) is 5.38. The summed E-state index contributed by atoms with van der Waals surface area (Å²) in [5.41, 5.74) is 3.78. The summed E-state index contributed by atoms with van der Waals surface area (Å²) in [6.45, 7) is 0.492.